The number of fused-ring (bicyclic) bond motifs is 3. The van der Waals surface area contributed by atoms with Gasteiger partial charge in [-0.05, 0) is 62.1 Å². The smallest absolute Gasteiger partial charge is 0.307 e. The largest absolute Gasteiger partial charge is 0.481 e. The summed E-state index contributed by atoms with van der Waals surface area (Å²) in [4.78, 5) is 28.3. The lowest BCUT2D eigenvalue weighted by Gasteiger charge is -2.46. The first-order chi connectivity index (χ1) is 10.6. The maximum absolute atomic E-state index is 12.7. The van der Waals surface area contributed by atoms with E-state index in [4.69, 9.17) is 0 Å². The number of carbonyl (C=O) groups is 2. The number of rotatable bonds is 4. The van der Waals surface area contributed by atoms with Crippen LogP contribution in [0, 0.1) is 23.7 Å². The van der Waals surface area contributed by atoms with E-state index in [1.807, 2.05) is 19.1 Å². The molecule has 3 atom stereocenters. The molecule has 22 heavy (non-hydrogen) atoms. The van der Waals surface area contributed by atoms with Crippen LogP contribution in [0.3, 0.4) is 0 Å². The van der Waals surface area contributed by atoms with Gasteiger partial charge < -0.3 is 10.4 Å². The van der Waals surface area contributed by atoms with Crippen molar-refractivity contribution in [2.75, 3.05) is 0 Å². The fourth-order valence-corrected chi connectivity index (χ4v) is 4.23. The Labute approximate surface area is 130 Å². The Hall–Kier alpha value is -1.91. The summed E-state index contributed by atoms with van der Waals surface area (Å²) in [5.41, 5.74) is 0.983. The van der Waals surface area contributed by atoms with Gasteiger partial charge in [0.1, 0.15) is 0 Å². The molecule has 118 valence electrons. The Kier molecular flexibility index (Phi) is 4.14. The van der Waals surface area contributed by atoms with Crippen molar-refractivity contribution in [1.29, 1.82) is 0 Å². The molecule has 0 unspecified atom stereocenters. The van der Waals surface area contributed by atoms with Gasteiger partial charge in [-0.3, -0.25) is 14.6 Å². The van der Waals surface area contributed by atoms with Crippen molar-refractivity contribution in [3.05, 3.63) is 30.1 Å². The molecule has 0 radical (unpaired) electrons. The molecule has 0 spiro atoms. The van der Waals surface area contributed by atoms with Crippen molar-refractivity contribution in [2.45, 2.75) is 38.6 Å². The lowest BCUT2D eigenvalue weighted by Crippen LogP contribution is -2.51. The average Bonchev–Trinajstić information content (AvgIpc) is 2.55. The highest BCUT2D eigenvalue weighted by atomic mass is 16.4. The minimum atomic E-state index is -0.814. The molecule has 2 bridgehead atoms. The standard InChI is InChI=1S/C17H22N2O3/c1-10(11-6-8-18-9-7-11)19-16(20)14-12-2-4-13(5-3-12)15(14)17(21)22/h6-10,12-15H,2-5H2,1H3,(H,19,20)(H,21,22)/t10-,12?,13?,14-,15+/m1/s1. The fourth-order valence-electron chi connectivity index (χ4n) is 4.23. The van der Waals surface area contributed by atoms with E-state index in [0.29, 0.717) is 0 Å². The number of carboxylic acids is 1. The summed E-state index contributed by atoms with van der Waals surface area (Å²) >= 11 is 0. The predicted molar refractivity (Wildman–Crippen MR) is 80.9 cm³/mol. The fraction of sp³-hybridized carbons (Fsp3) is 0.588. The average molecular weight is 302 g/mol. The molecule has 2 N–H and O–H groups in total. The molecule has 5 heteroatoms. The maximum atomic E-state index is 12.7. The van der Waals surface area contributed by atoms with Crippen molar-refractivity contribution in [3.8, 4) is 0 Å². The van der Waals surface area contributed by atoms with Crippen LogP contribution in [0.4, 0.5) is 0 Å². The van der Waals surface area contributed by atoms with E-state index in [9.17, 15) is 14.7 Å². The monoisotopic (exact) mass is 302 g/mol. The van der Waals surface area contributed by atoms with Crippen LogP contribution in [0.15, 0.2) is 24.5 Å². The van der Waals surface area contributed by atoms with Crippen LogP contribution in [-0.2, 0) is 9.59 Å². The van der Waals surface area contributed by atoms with Crippen molar-refractivity contribution in [3.63, 3.8) is 0 Å². The molecular weight excluding hydrogens is 280 g/mol. The Balaban J connectivity index is 1.74. The van der Waals surface area contributed by atoms with Crippen LogP contribution in [0.2, 0.25) is 0 Å². The summed E-state index contributed by atoms with van der Waals surface area (Å²) in [6.07, 6.45) is 7.25. The van der Waals surface area contributed by atoms with E-state index < -0.39 is 11.9 Å². The molecule has 1 aromatic rings. The van der Waals surface area contributed by atoms with Gasteiger partial charge >= 0.3 is 5.97 Å². The van der Waals surface area contributed by atoms with Crippen LogP contribution in [0.5, 0.6) is 0 Å². The number of amides is 1. The first-order valence-corrected chi connectivity index (χ1v) is 8.01. The summed E-state index contributed by atoms with van der Waals surface area (Å²) in [5.74, 6) is -1.44. The van der Waals surface area contributed by atoms with Crippen LogP contribution in [0.1, 0.15) is 44.2 Å². The number of pyridine rings is 1. The highest BCUT2D eigenvalue weighted by Gasteiger charge is 2.50. The normalized spacial score (nSPS) is 31.5. The lowest BCUT2D eigenvalue weighted by atomic mass is 9.58. The van der Waals surface area contributed by atoms with E-state index in [-0.39, 0.29) is 29.7 Å². The highest BCUT2D eigenvalue weighted by molar-refractivity contribution is 5.86. The van der Waals surface area contributed by atoms with Crippen molar-refractivity contribution < 1.29 is 14.7 Å². The molecule has 0 saturated heterocycles. The molecule has 4 rings (SSSR count). The first-order valence-electron chi connectivity index (χ1n) is 8.01. The number of carboxylic acid groups (broad SMARTS) is 1. The van der Waals surface area contributed by atoms with Crippen LogP contribution in [0.25, 0.3) is 0 Å². The van der Waals surface area contributed by atoms with E-state index in [0.717, 1.165) is 31.2 Å². The first kappa shape index (κ1) is 15.0. The summed E-state index contributed by atoms with van der Waals surface area (Å²) < 4.78 is 0. The molecule has 1 heterocycles. The van der Waals surface area contributed by atoms with Gasteiger partial charge in [0, 0.05) is 12.4 Å². The molecule has 5 nitrogen and oxygen atoms in total. The van der Waals surface area contributed by atoms with Crippen LogP contribution in [-0.4, -0.2) is 22.0 Å². The summed E-state index contributed by atoms with van der Waals surface area (Å²) in [5, 5.41) is 12.5. The SMILES string of the molecule is C[C@@H](NC(=O)[C@@H]1C2CCC(CC2)[C@@H]1C(=O)O)c1ccncc1. The molecule has 3 aliphatic rings. The molecule has 3 aliphatic carbocycles. The Bertz CT molecular complexity index is 552. The van der Waals surface area contributed by atoms with Gasteiger partial charge in [-0.15, -0.1) is 0 Å². The number of nitrogens with zero attached hydrogens (tertiary/aromatic N) is 1. The molecule has 1 amide bonds. The predicted octanol–water partition coefficient (Wildman–Crippen LogP) is 2.40. The third kappa shape index (κ3) is 2.72. The second kappa shape index (κ2) is 6.07. The summed E-state index contributed by atoms with van der Waals surface area (Å²) in [6, 6.07) is 3.60. The van der Waals surface area contributed by atoms with E-state index in [2.05, 4.69) is 10.3 Å². The molecule has 0 aromatic carbocycles. The van der Waals surface area contributed by atoms with Gasteiger partial charge in [-0.1, -0.05) is 0 Å². The zero-order valence-corrected chi connectivity index (χ0v) is 12.7. The second-order valence-corrected chi connectivity index (χ2v) is 6.58. The van der Waals surface area contributed by atoms with Gasteiger partial charge in [-0.2, -0.15) is 0 Å². The summed E-state index contributed by atoms with van der Waals surface area (Å²) in [6.45, 7) is 1.92. The number of carbonyl (C=O) groups excluding carboxylic acids is 1. The van der Waals surface area contributed by atoms with Gasteiger partial charge in [0.05, 0.1) is 17.9 Å². The van der Waals surface area contributed by atoms with Crippen LogP contribution >= 0.6 is 0 Å². The van der Waals surface area contributed by atoms with E-state index >= 15 is 0 Å². The van der Waals surface area contributed by atoms with E-state index in [1.165, 1.54) is 0 Å². The Morgan fingerprint density at radius 2 is 1.68 bits per heavy atom. The molecule has 1 aromatic heterocycles. The van der Waals surface area contributed by atoms with Crippen LogP contribution < -0.4 is 5.32 Å². The third-order valence-corrected chi connectivity index (χ3v) is 5.37. The van der Waals surface area contributed by atoms with Gasteiger partial charge in [0.25, 0.3) is 0 Å². The van der Waals surface area contributed by atoms with Crippen molar-refractivity contribution >= 4 is 11.9 Å². The van der Waals surface area contributed by atoms with Crippen molar-refractivity contribution in [2.24, 2.45) is 23.7 Å². The molecule has 0 aliphatic heterocycles. The van der Waals surface area contributed by atoms with Crippen molar-refractivity contribution in [1.82, 2.24) is 10.3 Å². The molecular formula is C17H22N2O3. The minimum Gasteiger partial charge on any atom is -0.481 e. The van der Waals surface area contributed by atoms with Gasteiger partial charge in [0.2, 0.25) is 5.91 Å². The van der Waals surface area contributed by atoms with Gasteiger partial charge in [0.15, 0.2) is 0 Å². The molecule has 3 saturated carbocycles. The maximum Gasteiger partial charge on any atom is 0.307 e. The number of hydrogen-bond donors (Lipinski definition) is 2. The lowest BCUT2D eigenvalue weighted by molar-refractivity contribution is -0.158. The third-order valence-electron chi connectivity index (χ3n) is 5.37. The minimum absolute atomic E-state index is 0.105. The number of nitrogens with one attached hydrogen (secondary N) is 1. The van der Waals surface area contributed by atoms with E-state index in [1.54, 1.807) is 12.4 Å². The number of aromatic nitrogens is 1. The number of aliphatic carboxylic acids is 1. The Morgan fingerprint density at radius 1 is 1.14 bits per heavy atom. The van der Waals surface area contributed by atoms with Gasteiger partial charge in [-0.25, -0.2) is 0 Å². The Morgan fingerprint density at radius 3 is 2.23 bits per heavy atom. The summed E-state index contributed by atoms with van der Waals surface area (Å²) in [7, 11) is 0. The zero-order chi connectivity index (χ0) is 15.7. The topological polar surface area (TPSA) is 79.3 Å². The quantitative estimate of drug-likeness (QED) is 0.895. The number of hydrogen-bond acceptors (Lipinski definition) is 3. The molecule has 3 fully saturated rings. The zero-order valence-electron chi connectivity index (χ0n) is 12.7. The highest BCUT2D eigenvalue weighted by Crippen LogP contribution is 2.49. The second-order valence-electron chi connectivity index (χ2n) is 6.58.